The second-order valence-electron chi connectivity index (χ2n) is 4.04. The third-order valence-corrected chi connectivity index (χ3v) is 2.76. The molecule has 0 aliphatic rings. The number of hydrogen-bond donors (Lipinski definition) is 1. The molecule has 0 amide bonds. The Hall–Kier alpha value is -1.82. The van der Waals surface area contributed by atoms with Crippen molar-refractivity contribution in [2.75, 3.05) is 7.05 Å². The minimum absolute atomic E-state index is 0.154. The SMILES string of the molecule is CNC(Cc1ccc(F)cc1F)c1cnn(C)n1. The van der Waals surface area contributed by atoms with Crippen LogP contribution in [0.4, 0.5) is 8.78 Å². The molecule has 0 spiro atoms. The van der Waals surface area contributed by atoms with E-state index in [0.717, 1.165) is 11.8 Å². The van der Waals surface area contributed by atoms with Gasteiger partial charge in [0.25, 0.3) is 0 Å². The fourth-order valence-electron chi connectivity index (χ4n) is 1.78. The zero-order chi connectivity index (χ0) is 13.1. The van der Waals surface area contributed by atoms with Crippen LogP contribution in [0.5, 0.6) is 0 Å². The van der Waals surface area contributed by atoms with Gasteiger partial charge < -0.3 is 5.32 Å². The first-order valence-corrected chi connectivity index (χ1v) is 5.57. The number of rotatable bonds is 4. The topological polar surface area (TPSA) is 42.7 Å². The molecule has 1 unspecified atom stereocenters. The molecule has 1 N–H and O–H groups in total. The van der Waals surface area contributed by atoms with Gasteiger partial charge in [-0.3, -0.25) is 0 Å². The number of aromatic nitrogens is 3. The highest BCUT2D eigenvalue weighted by molar-refractivity contribution is 5.21. The Labute approximate surface area is 104 Å². The van der Waals surface area contributed by atoms with Gasteiger partial charge in [0, 0.05) is 13.1 Å². The second kappa shape index (κ2) is 5.22. The molecule has 0 fully saturated rings. The largest absolute Gasteiger partial charge is 0.311 e. The van der Waals surface area contributed by atoms with Crippen LogP contribution < -0.4 is 5.32 Å². The minimum atomic E-state index is -0.572. The van der Waals surface area contributed by atoms with E-state index < -0.39 is 11.6 Å². The molecule has 2 rings (SSSR count). The van der Waals surface area contributed by atoms with Gasteiger partial charge in [-0.2, -0.15) is 15.0 Å². The van der Waals surface area contributed by atoms with E-state index in [0.29, 0.717) is 12.0 Å². The van der Waals surface area contributed by atoms with Gasteiger partial charge in [-0.15, -0.1) is 0 Å². The van der Waals surface area contributed by atoms with Crippen molar-refractivity contribution in [1.82, 2.24) is 20.3 Å². The highest BCUT2D eigenvalue weighted by Gasteiger charge is 2.16. The number of nitrogens with one attached hydrogen (secondary N) is 1. The smallest absolute Gasteiger partial charge is 0.129 e. The molecule has 0 aliphatic carbocycles. The second-order valence-corrected chi connectivity index (χ2v) is 4.04. The number of hydrogen-bond acceptors (Lipinski definition) is 3. The van der Waals surface area contributed by atoms with Crippen LogP contribution in [0.15, 0.2) is 24.4 Å². The van der Waals surface area contributed by atoms with Crippen LogP contribution in [0.2, 0.25) is 0 Å². The van der Waals surface area contributed by atoms with Crippen LogP contribution in [0, 0.1) is 11.6 Å². The van der Waals surface area contributed by atoms with Crippen LogP contribution >= 0.6 is 0 Å². The van der Waals surface area contributed by atoms with Crippen molar-refractivity contribution in [2.45, 2.75) is 12.5 Å². The monoisotopic (exact) mass is 252 g/mol. The summed E-state index contributed by atoms with van der Waals surface area (Å²) in [6.07, 6.45) is 2.02. The van der Waals surface area contributed by atoms with E-state index in [9.17, 15) is 8.78 Å². The van der Waals surface area contributed by atoms with Gasteiger partial charge in [0.2, 0.25) is 0 Å². The van der Waals surface area contributed by atoms with Gasteiger partial charge in [-0.25, -0.2) is 8.78 Å². The van der Waals surface area contributed by atoms with Crippen molar-refractivity contribution in [1.29, 1.82) is 0 Å². The molecule has 0 aliphatic heterocycles. The molecule has 1 aromatic heterocycles. The molecule has 0 bridgehead atoms. The molecule has 18 heavy (non-hydrogen) atoms. The summed E-state index contributed by atoms with van der Waals surface area (Å²) >= 11 is 0. The molecule has 2 aromatic rings. The van der Waals surface area contributed by atoms with Crippen molar-refractivity contribution < 1.29 is 8.78 Å². The highest BCUT2D eigenvalue weighted by atomic mass is 19.1. The van der Waals surface area contributed by atoms with Gasteiger partial charge in [-0.05, 0) is 25.1 Å². The lowest BCUT2D eigenvalue weighted by Crippen LogP contribution is -2.20. The summed E-state index contributed by atoms with van der Waals surface area (Å²) in [7, 11) is 3.48. The van der Waals surface area contributed by atoms with E-state index in [1.165, 1.54) is 16.9 Å². The predicted molar refractivity (Wildman–Crippen MR) is 62.9 cm³/mol. The quantitative estimate of drug-likeness (QED) is 0.898. The maximum absolute atomic E-state index is 13.6. The van der Waals surface area contributed by atoms with Gasteiger partial charge in [-0.1, -0.05) is 6.07 Å². The van der Waals surface area contributed by atoms with E-state index in [1.54, 1.807) is 20.3 Å². The molecule has 1 aromatic carbocycles. The molecule has 6 heteroatoms. The lowest BCUT2D eigenvalue weighted by molar-refractivity contribution is 0.526. The van der Waals surface area contributed by atoms with Crippen LogP contribution in [0.3, 0.4) is 0 Å². The summed E-state index contributed by atoms with van der Waals surface area (Å²) in [5.74, 6) is -1.11. The van der Waals surface area contributed by atoms with Gasteiger partial charge in [0.1, 0.15) is 11.6 Å². The number of halogens is 2. The molecule has 1 heterocycles. The van der Waals surface area contributed by atoms with Crippen LogP contribution in [-0.2, 0) is 13.5 Å². The molecule has 0 saturated heterocycles. The van der Waals surface area contributed by atoms with E-state index in [1.807, 2.05) is 0 Å². The Bertz CT molecular complexity index is 539. The molecule has 0 radical (unpaired) electrons. The zero-order valence-electron chi connectivity index (χ0n) is 10.2. The predicted octanol–water partition coefficient (Wildman–Crippen LogP) is 1.60. The van der Waals surface area contributed by atoms with Crippen molar-refractivity contribution in [3.05, 3.63) is 47.3 Å². The zero-order valence-corrected chi connectivity index (χ0v) is 10.2. The average molecular weight is 252 g/mol. The first kappa shape index (κ1) is 12.6. The summed E-state index contributed by atoms with van der Waals surface area (Å²) in [5.41, 5.74) is 1.17. The molecule has 1 atom stereocenters. The number of nitrogens with zero attached hydrogens (tertiary/aromatic N) is 3. The average Bonchev–Trinajstić information content (AvgIpc) is 2.75. The Morgan fingerprint density at radius 1 is 1.39 bits per heavy atom. The van der Waals surface area contributed by atoms with Gasteiger partial charge in [0.05, 0.1) is 17.9 Å². The first-order chi connectivity index (χ1) is 8.60. The Morgan fingerprint density at radius 2 is 2.17 bits per heavy atom. The Balaban J connectivity index is 2.20. The van der Waals surface area contributed by atoms with Crippen molar-refractivity contribution in [3.8, 4) is 0 Å². The van der Waals surface area contributed by atoms with E-state index in [-0.39, 0.29) is 6.04 Å². The fraction of sp³-hybridized carbons (Fsp3) is 0.333. The van der Waals surface area contributed by atoms with Gasteiger partial charge >= 0.3 is 0 Å². The summed E-state index contributed by atoms with van der Waals surface area (Å²) in [6, 6.07) is 3.44. The van der Waals surface area contributed by atoms with E-state index >= 15 is 0 Å². The lowest BCUT2D eigenvalue weighted by atomic mass is 10.0. The third kappa shape index (κ3) is 2.70. The molecule has 96 valence electrons. The van der Waals surface area contributed by atoms with E-state index in [4.69, 9.17) is 0 Å². The van der Waals surface area contributed by atoms with Crippen LogP contribution in [0.1, 0.15) is 17.3 Å². The molecular weight excluding hydrogens is 238 g/mol. The summed E-state index contributed by atoms with van der Waals surface area (Å²) < 4.78 is 26.4. The summed E-state index contributed by atoms with van der Waals surface area (Å²) in [5, 5.41) is 11.2. The van der Waals surface area contributed by atoms with Crippen molar-refractivity contribution >= 4 is 0 Å². The maximum atomic E-state index is 13.6. The Morgan fingerprint density at radius 3 is 2.72 bits per heavy atom. The molecule has 4 nitrogen and oxygen atoms in total. The molecular formula is C12H14F2N4. The van der Waals surface area contributed by atoms with Crippen LogP contribution in [0.25, 0.3) is 0 Å². The Kier molecular flexibility index (Phi) is 3.66. The standard InChI is InChI=1S/C12H14F2N4/c1-15-11(12-7-16-18(2)17-12)5-8-3-4-9(13)6-10(8)14/h3-4,6-7,11,15H,5H2,1-2H3. The van der Waals surface area contributed by atoms with Gasteiger partial charge in [0.15, 0.2) is 0 Å². The normalized spacial score (nSPS) is 12.7. The number of benzene rings is 1. The summed E-state index contributed by atoms with van der Waals surface area (Å²) in [4.78, 5) is 1.45. The molecule has 0 saturated carbocycles. The number of likely N-dealkylation sites (N-methyl/N-ethyl adjacent to an activating group) is 1. The third-order valence-electron chi connectivity index (χ3n) is 2.76. The van der Waals surface area contributed by atoms with E-state index in [2.05, 4.69) is 15.5 Å². The van der Waals surface area contributed by atoms with Crippen molar-refractivity contribution in [2.24, 2.45) is 7.05 Å². The van der Waals surface area contributed by atoms with Crippen LogP contribution in [-0.4, -0.2) is 22.0 Å². The lowest BCUT2D eigenvalue weighted by Gasteiger charge is -2.13. The minimum Gasteiger partial charge on any atom is -0.311 e. The summed E-state index contributed by atoms with van der Waals surface area (Å²) in [6.45, 7) is 0. The first-order valence-electron chi connectivity index (χ1n) is 5.57. The van der Waals surface area contributed by atoms with Crippen molar-refractivity contribution in [3.63, 3.8) is 0 Å². The maximum Gasteiger partial charge on any atom is 0.129 e. The number of aryl methyl sites for hydroxylation is 1. The highest BCUT2D eigenvalue weighted by Crippen LogP contribution is 2.18. The fourth-order valence-corrected chi connectivity index (χ4v) is 1.78.